The van der Waals surface area contributed by atoms with E-state index in [4.69, 9.17) is 29.9 Å². The summed E-state index contributed by atoms with van der Waals surface area (Å²) in [5.74, 6) is 3.58. The number of para-hydroxylation sites is 1. The van der Waals surface area contributed by atoms with E-state index < -0.39 is 0 Å². The third kappa shape index (κ3) is 6.78. The Kier molecular flexibility index (Phi) is 8.98. The third-order valence-electron chi connectivity index (χ3n) is 10.8. The molecule has 0 amide bonds. The molecule has 4 heterocycles. The lowest BCUT2D eigenvalue weighted by atomic mass is 9.99. The normalized spacial score (nSPS) is 11.3. The van der Waals surface area contributed by atoms with E-state index in [9.17, 15) is 0 Å². The van der Waals surface area contributed by atoms with Crippen LogP contribution in [0.4, 0.5) is 0 Å². The first-order valence-corrected chi connectivity index (χ1v) is 20.1. The van der Waals surface area contributed by atoms with Crippen LogP contribution in [0, 0.1) is 0 Å². The molecular formula is C53H34N8. The molecule has 286 valence electrons. The van der Waals surface area contributed by atoms with Crippen molar-refractivity contribution in [2.24, 2.45) is 0 Å². The Labute approximate surface area is 351 Å². The zero-order valence-electron chi connectivity index (χ0n) is 32.7. The molecule has 61 heavy (non-hydrogen) atoms. The van der Waals surface area contributed by atoms with E-state index >= 15 is 0 Å². The molecule has 4 aromatic heterocycles. The van der Waals surface area contributed by atoms with Gasteiger partial charge in [0.25, 0.3) is 0 Å². The molecule has 8 nitrogen and oxygen atoms in total. The number of hydrogen-bond acceptors (Lipinski definition) is 7. The summed E-state index contributed by atoms with van der Waals surface area (Å²) in [6.07, 6.45) is 3.63. The predicted molar refractivity (Wildman–Crippen MR) is 243 cm³/mol. The van der Waals surface area contributed by atoms with Crippen molar-refractivity contribution in [1.29, 1.82) is 0 Å². The average Bonchev–Trinajstić information content (AvgIpc) is 3.68. The number of hydrogen-bond donors (Lipinski definition) is 0. The highest BCUT2D eigenvalue weighted by molar-refractivity contribution is 6.10. The predicted octanol–water partition coefficient (Wildman–Crippen LogP) is 12.2. The van der Waals surface area contributed by atoms with Gasteiger partial charge in [0.05, 0.1) is 11.0 Å². The van der Waals surface area contributed by atoms with Gasteiger partial charge in [-0.15, -0.1) is 0 Å². The van der Waals surface area contributed by atoms with Gasteiger partial charge in [0, 0.05) is 62.2 Å². The molecule has 0 radical (unpaired) electrons. The first kappa shape index (κ1) is 35.7. The topological polar surface area (TPSA) is 95.2 Å². The summed E-state index contributed by atoms with van der Waals surface area (Å²) in [5.41, 5.74) is 10.4. The van der Waals surface area contributed by atoms with Crippen molar-refractivity contribution in [2.45, 2.75) is 0 Å². The summed E-state index contributed by atoms with van der Waals surface area (Å²) in [5, 5.41) is 2.24. The van der Waals surface area contributed by atoms with Gasteiger partial charge in [-0.2, -0.15) is 0 Å². The fourth-order valence-electron chi connectivity index (χ4n) is 7.89. The van der Waals surface area contributed by atoms with Crippen LogP contribution in [0.2, 0.25) is 0 Å². The molecule has 11 aromatic rings. The van der Waals surface area contributed by atoms with Gasteiger partial charge in [0.2, 0.25) is 0 Å². The lowest BCUT2D eigenvalue weighted by Crippen LogP contribution is -2.02. The van der Waals surface area contributed by atoms with Crippen molar-refractivity contribution in [3.05, 3.63) is 207 Å². The van der Waals surface area contributed by atoms with Crippen LogP contribution in [0.3, 0.4) is 0 Å². The quantitative estimate of drug-likeness (QED) is 0.151. The molecule has 0 saturated heterocycles. The maximum Gasteiger partial charge on any atom is 0.164 e. The number of pyridine rings is 1. The summed E-state index contributed by atoms with van der Waals surface area (Å²) in [6, 6.07) is 65.8. The summed E-state index contributed by atoms with van der Waals surface area (Å²) < 4.78 is 2.31. The maximum absolute atomic E-state index is 5.18. The van der Waals surface area contributed by atoms with Crippen LogP contribution in [-0.2, 0) is 0 Å². The molecule has 0 aliphatic carbocycles. The van der Waals surface area contributed by atoms with Crippen molar-refractivity contribution in [1.82, 2.24) is 39.5 Å². The molecule has 0 atom stereocenters. The molecule has 0 fully saturated rings. The van der Waals surface area contributed by atoms with Gasteiger partial charge in [0.1, 0.15) is 0 Å². The Balaban J connectivity index is 1.14. The molecule has 0 N–H and O–H groups in total. The van der Waals surface area contributed by atoms with Crippen LogP contribution < -0.4 is 0 Å². The summed E-state index contributed by atoms with van der Waals surface area (Å²) >= 11 is 0. The first-order valence-electron chi connectivity index (χ1n) is 20.1. The molecule has 0 unspecified atom stereocenters. The fourth-order valence-corrected chi connectivity index (χ4v) is 7.89. The average molecular weight is 783 g/mol. The fraction of sp³-hybridized carbons (Fsp3) is 0. The number of rotatable bonds is 8. The zero-order chi connectivity index (χ0) is 40.5. The van der Waals surface area contributed by atoms with E-state index in [2.05, 4.69) is 70.2 Å². The van der Waals surface area contributed by atoms with E-state index in [1.807, 2.05) is 146 Å². The molecule has 0 aliphatic rings. The van der Waals surface area contributed by atoms with Gasteiger partial charge in [-0.25, -0.2) is 29.9 Å². The van der Waals surface area contributed by atoms with Crippen molar-refractivity contribution < 1.29 is 0 Å². The van der Waals surface area contributed by atoms with Crippen LogP contribution >= 0.6 is 0 Å². The summed E-state index contributed by atoms with van der Waals surface area (Å²) in [7, 11) is 0. The van der Waals surface area contributed by atoms with Crippen LogP contribution in [0.25, 0.3) is 107 Å². The monoisotopic (exact) mass is 782 g/mol. The van der Waals surface area contributed by atoms with Gasteiger partial charge in [-0.1, -0.05) is 158 Å². The Morgan fingerprint density at radius 3 is 1.25 bits per heavy atom. The van der Waals surface area contributed by atoms with Crippen molar-refractivity contribution >= 4 is 21.8 Å². The Morgan fingerprint density at radius 2 is 0.721 bits per heavy atom. The van der Waals surface area contributed by atoms with Gasteiger partial charge in [0.15, 0.2) is 34.9 Å². The van der Waals surface area contributed by atoms with E-state index in [-0.39, 0.29) is 0 Å². The summed E-state index contributed by atoms with van der Waals surface area (Å²) in [6.45, 7) is 0. The second-order valence-electron chi connectivity index (χ2n) is 14.6. The summed E-state index contributed by atoms with van der Waals surface area (Å²) in [4.78, 5) is 34.8. The second kappa shape index (κ2) is 15.4. The molecule has 0 spiro atoms. The minimum absolute atomic E-state index is 0.565. The Morgan fingerprint density at radius 1 is 0.279 bits per heavy atom. The van der Waals surface area contributed by atoms with Crippen LogP contribution in [-0.4, -0.2) is 39.5 Å². The minimum atomic E-state index is 0.565. The Hall–Kier alpha value is -8.49. The molecule has 0 aliphatic heterocycles. The highest BCUT2D eigenvalue weighted by Gasteiger charge is 2.20. The zero-order valence-corrected chi connectivity index (χ0v) is 32.7. The first-order chi connectivity index (χ1) is 30.2. The van der Waals surface area contributed by atoms with Gasteiger partial charge < -0.3 is 4.57 Å². The molecule has 7 aromatic carbocycles. The van der Waals surface area contributed by atoms with Gasteiger partial charge in [-0.05, 0) is 47.5 Å². The number of benzene rings is 7. The van der Waals surface area contributed by atoms with Crippen LogP contribution in [0.15, 0.2) is 207 Å². The van der Waals surface area contributed by atoms with E-state index in [0.29, 0.717) is 34.9 Å². The lowest BCUT2D eigenvalue weighted by molar-refractivity contribution is 1.07. The molecule has 11 rings (SSSR count). The van der Waals surface area contributed by atoms with Crippen molar-refractivity contribution in [3.63, 3.8) is 0 Å². The van der Waals surface area contributed by atoms with Crippen LogP contribution in [0.1, 0.15) is 0 Å². The van der Waals surface area contributed by atoms with E-state index in [1.54, 1.807) is 0 Å². The largest absolute Gasteiger partial charge is 0.309 e. The van der Waals surface area contributed by atoms with Crippen molar-refractivity contribution in [3.8, 4) is 85.1 Å². The van der Waals surface area contributed by atoms with Crippen LogP contribution in [0.5, 0.6) is 0 Å². The smallest absolute Gasteiger partial charge is 0.164 e. The molecule has 8 heteroatoms. The van der Waals surface area contributed by atoms with Gasteiger partial charge >= 0.3 is 0 Å². The third-order valence-corrected chi connectivity index (χ3v) is 10.8. The van der Waals surface area contributed by atoms with E-state index in [0.717, 1.165) is 72.0 Å². The highest BCUT2D eigenvalue weighted by atomic mass is 15.0. The van der Waals surface area contributed by atoms with Crippen molar-refractivity contribution in [2.75, 3.05) is 0 Å². The second-order valence-corrected chi connectivity index (χ2v) is 14.6. The minimum Gasteiger partial charge on any atom is -0.309 e. The standard InChI is InChI=1S/C53H34N8/c1-5-15-36(16-6-1)48-55-49(37-17-7-2-8-18-37)58-52(57-48)40-25-27-44-43-23-13-14-24-46(43)61(47(44)33-40)41-26-28-42(35-29-31-54-32-30-35)45(34-41)53-59-50(38-19-9-3-10-20-38)56-51(60-53)39-21-11-4-12-22-39/h1-34H. The lowest BCUT2D eigenvalue weighted by Gasteiger charge is -2.15. The molecule has 0 saturated carbocycles. The van der Waals surface area contributed by atoms with Gasteiger partial charge in [-0.3, -0.25) is 4.98 Å². The number of fused-ring (bicyclic) bond motifs is 3. The number of nitrogens with zero attached hydrogens (tertiary/aromatic N) is 8. The molecule has 0 bridgehead atoms. The number of aromatic nitrogens is 8. The SMILES string of the molecule is c1ccc(-c2nc(-c3ccccc3)nc(-c3ccc4c5ccccc5n(-c5ccc(-c6ccncc6)c(-c6nc(-c7ccccc7)nc(-c7ccccc7)n6)c5)c4c3)n2)cc1. The maximum atomic E-state index is 5.18. The van der Waals surface area contributed by atoms with E-state index in [1.165, 1.54) is 0 Å². The Bertz CT molecular complexity index is 3220. The molecular weight excluding hydrogens is 749 g/mol. The highest BCUT2D eigenvalue weighted by Crippen LogP contribution is 2.39.